The summed E-state index contributed by atoms with van der Waals surface area (Å²) >= 11 is 0. The first-order chi connectivity index (χ1) is 6.84. The lowest BCUT2D eigenvalue weighted by Gasteiger charge is -2.18. The monoisotopic (exact) mass is 216 g/mol. The fourth-order valence-electron chi connectivity index (χ4n) is 1.16. The van der Waals surface area contributed by atoms with Crippen molar-refractivity contribution < 1.29 is 14.7 Å². The maximum Gasteiger partial charge on any atom is 0.320 e. The Hall–Kier alpha value is -1.10. The van der Waals surface area contributed by atoms with E-state index in [2.05, 4.69) is 5.32 Å². The van der Waals surface area contributed by atoms with Crippen molar-refractivity contribution in [2.75, 3.05) is 6.54 Å². The molecule has 4 N–H and O–H groups in total. The molecule has 0 fully saturated rings. The Morgan fingerprint density at radius 2 is 1.87 bits per heavy atom. The van der Waals surface area contributed by atoms with E-state index in [1.165, 1.54) is 0 Å². The predicted molar refractivity (Wildman–Crippen MR) is 57.2 cm³/mol. The number of carboxylic acids is 1. The highest BCUT2D eigenvalue weighted by Crippen LogP contribution is 2.05. The Balaban J connectivity index is 4.07. The summed E-state index contributed by atoms with van der Waals surface area (Å²) in [5.74, 6) is -1.36. The minimum Gasteiger partial charge on any atom is -0.480 e. The standard InChI is InChI=1S/C10H20N2O3/c1-6(2)4-8(10(14)15)12-5-7(3)9(11)13/h6-8,12H,4-5H2,1-3H3,(H2,11,13)(H,14,15). The molecule has 15 heavy (non-hydrogen) atoms. The van der Waals surface area contributed by atoms with Crippen LogP contribution in [0, 0.1) is 11.8 Å². The van der Waals surface area contributed by atoms with Crippen LogP contribution in [-0.2, 0) is 9.59 Å². The summed E-state index contributed by atoms with van der Waals surface area (Å²) in [5.41, 5.74) is 5.07. The van der Waals surface area contributed by atoms with Crippen molar-refractivity contribution in [1.82, 2.24) is 5.32 Å². The van der Waals surface area contributed by atoms with Gasteiger partial charge in [-0.15, -0.1) is 0 Å². The third-order valence-electron chi connectivity index (χ3n) is 2.16. The average Bonchev–Trinajstić information content (AvgIpc) is 2.10. The lowest BCUT2D eigenvalue weighted by molar-refractivity contribution is -0.140. The summed E-state index contributed by atoms with van der Waals surface area (Å²) in [5, 5.41) is 11.7. The first-order valence-electron chi connectivity index (χ1n) is 5.10. The normalized spacial score (nSPS) is 14.9. The van der Waals surface area contributed by atoms with E-state index in [-0.39, 0.29) is 5.92 Å². The molecular formula is C10H20N2O3. The SMILES string of the molecule is CC(C)CC(NCC(C)C(N)=O)C(=O)O. The van der Waals surface area contributed by atoms with Crippen molar-refractivity contribution in [3.8, 4) is 0 Å². The lowest BCUT2D eigenvalue weighted by Crippen LogP contribution is -2.42. The molecule has 0 saturated carbocycles. The van der Waals surface area contributed by atoms with Crippen LogP contribution in [0.25, 0.3) is 0 Å². The molecule has 0 aromatic carbocycles. The quantitative estimate of drug-likeness (QED) is 0.566. The predicted octanol–water partition coefficient (Wildman–Crippen LogP) is 0.197. The van der Waals surface area contributed by atoms with E-state index in [9.17, 15) is 9.59 Å². The van der Waals surface area contributed by atoms with Gasteiger partial charge in [0.05, 0.1) is 0 Å². The molecule has 0 rings (SSSR count). The highest BCUT2D eigenvalue weighted by atomic mass is 16.4. The second-order valence-electron chi connectivity index (χ2n) is 4.23. The van der Waals surface area contributed by atoms with Crippen LogP contribution in [0.4, 0.5) is 0 Å². The van der Waals surface area contributed by atoms with Crippen LogP contribution in [0.5, 0.6) is 0 Å². The molecule has 0 aliphatic rings. The molecule has 5 heteroatoms. The Morgan fingerprint density at radius 1 is 1.33 bits per heavy atom. The van der Waals surface area contributed by atoms with Crippen molar-refractivity contribution >= 4 is 11.9 Å². The van der Waals surface area contributed by atoms with Gasteiger partial charge in [0, 0.05) is 12.5 Å². The van der Waals surface area contributed by atoms with Crippen molar-refractivity contribution in [3.05, 3.63) is 0 Å². The molecule has 0 bridgehead atoms. The summed E-state index contributed by atoms with van der Waals surface area (Å²) in [6.07, 6.45) is 0.542. The smallest absolute Gasteiger partial charge is 0.320 e. The van der Waals surface area contributed by atoms with Crippen LogP contribution in [0.15, 0.2) is 0 Å². The fourth-order valence-corrected chi connectivity index (χ4v) is 1.16. The largest absolute Gasteiger partial charge is 0.480 e. The van der Waals surface area contributed by atoms with Gasteiger partial charge in [-0.1, -0.05) is 20.8 Å². The zero-order valence-electron chi connectivity index (χ0n) is 9.49. The van der Waals surface area contributed by atoms with E-state index in [4.69, 9.17) is 10.8 Å². The van der Waals surface area contributed by atoms with Crippen molar-refractivity contribution in [2.45, 2.75) is 33.2 Å². The van der Waals surface area contributed by atoms with Crippen LogP contribution in [0.3, 0.4) is 0 Å². The second-order valence-corrected chi connectivity index (χ2v) is 4.23. The molecule has 0 aliphatic carbocycles. The van der Waals surface area contributed by atoms with Crippen molar-refractivity contribution in [3.63, 3.8) is 0 Å². The number of nitrogens with two attached hydrogens (primary N) is 1. The summed E-state index contributed by atoms with van der Waals surface area (Å²) in [7, 11) is 0. The van der Waals surface area contributed by atoms with E-state index in [1.807, 2.05) is 13.8 Å². The summed E-state index contributed by atoms with van der Waals surface area (Å²) < 4.78 is 0. The molecule has 0 aliphatic heterocycles. The van der Waals surface area contributed by atoms with Gasteiger partial charge in [-0.3, -0.25) is 9.59 Å². The number of hydrogen-bond donors (Lipinski definition) is 3. The Bertz CT molecular complexity index is 229. The Morgan fingerprint density at radius 3 is 2.20 bits per heavy atom. The maximum atomic E-state index is 10.8. The van der Waals surface area contributed by atoms with Gasteiger partial charge in [-0.05, 0) is 12.3 Å². The van der Waals surface area contributed by atoms with Gasteiger partial charge in [0.25, 0.3) is 0 Å². The molecule has 0 aromatic rings. The van der Waals surface area contributed by atoms with Crippen molar-refractivity contribution in [1.29, 1.82) is 0 Å². The van der Waals surface area contributed by atoms with E-state index in [1.54, 1.807) is 6.92 Å². The topological polar surface area (TPSA) is 92.4 Å². The molecule has 1 amide bonds. The maximum absolute atomic E-state index is 10.8. The second kappa shape index (κ2) is 6.40. The third-order valence-corrected chi connectivity index (χ3v) is 2.16. The number of amides is 1. The molecule has 0 saturated heterocycles. The zero-order valence-corrected chi connectivity index (χ0v) is 9.49. The van der Waals surface area contributed by atoms with Crippen LogP contribution < -0.4 is 11.1 Å². The molecule has 5 nitrogen and oxygen atoms in total. The van der Waals surface area contributed by atoms with Gasteiger partial charge in [-0.2, -0.15) is 0 Å². The molecule has 2 atom stereocenters. The first kappa shape index (κ1) is 13.9. The number of nitrogens with one attached hydrogen (secondary N) is 1. The van der Waals surface area contributed by atoms with Crippen LogP contribution >= 0.6 is 0 Å². The number of primary amides is 1. The zero-order chi connectivity index (χ0) is 12.0. The average molecular weight is 216 g/mol. The van der Waals surface area contributed by atoms with Gasteiger partial charge >= 0.3 is 5.97 Å². The Labute approximate surface area is 90.0 Å². The van der Waals surface area contributed by atoms with Gasteiger partial charge < -0.3 is 16.2 Å². The summed E-state index contributed by atoms with van der Waals surface area (Å²) in [4.78, 5) is 21.6. The highest BCUT2D eigenvalue weighted by Gasteiger charge is 2.19. The molecule has 0 aromatic heterocycles. The fraction of sp³-hybridized carbons (Fsp3) is 0.800. The summed E-state index contributed by atoms with van der Waals surface area (Å²) in [6, 6.07) is -0.605. The number of hydrogen-bond acceptors (Lipinski definition) is 3. The van der Waals surface area contributed by atoms with E-state index in [0.717, 1.165) is 0 Å². The van der Waals surface area contributed by atoms with Gasteiger partial charge in [0.1, 0.15) is 6.04 Å². The van der Waals surface area contributed by atoms with Crippen LogP contribution in [-0.4, -0.2) is 29.6 Å². The van der Waals surface area contributed by atoms with E-state index >= 15 is 0 Å². The summed E-state index contributed by atoms with van der Waals surface area (Å²) in [6.45, 7) is 5.88. The minimum atomic E-state index is -0.889. The molecule has 0 radical (unpaired) electrons. The number of rotatable bonds is 7. The molecule has 2 unspecified atom stereocenters. The molecular weight excluding hydrogens is 196 g/mol. The minimum absolute atomic E-state index is 0.294. The van der Waals surface area contributed by atoms with Gasteiger partial charge in [-0.25, -0.2) is 0 Å². The van der Waals surface area contributed by atoms with E-state index < -0.39 is 17.9 Å². The van der Waals surface area contributed by atoms with Gasteiger partial charge in [0.2, 0.25) is 5.91 Å². The number of carbonyl (C=O) groups excluding carboxylic acids is 1. The van der Waals surface area contributed by atoms with Gasteiger partial charge in [0.15, 0.2) is 0 Å². The highest BCUT2D eigenvalue weighted by molar-refractivity contribution is 5.77. The molecule has 88 valence electrons. The number of carbonyl (C=O) groups is 2. The van der Waals surface area contributed by atoms with Crippen LogP contribution in [0.1, 0.15) is 27.2 Å². The Kier molecular flexibility index (Phi) is 5.93. The first-order valence-corrected chi connectivity index (χ1v) is 5.10. The number of carboxylic acid groups (broad SMARTS) is 1. The molecule has 0 heterocycles. The van der Waals surface area contributed by atoms with Crippen molar-refractivity contribution in [2.24, 2.45) is 17.6 Å². The third kappa shape index (κ3) is 6.06. The number of aliphatic carboxylic acids is 1. The van der Waals surface area contributed by atoms with Crippen LogP contribution in [0.2, 0.25) is 0 Å². The lowest BCUT2D eigenvalue weighted by atomic mass is 10.0. The molecule has 0 spiro atoms. The van der Waals surface area contributed by atoms with E-state index in [0.29, 0.717) is 18.9 Å².